The third kappa shape index (κ3) is 5.98. The Morgan fingerprint density at radius 1 is 1.20 bits per heavy atom. The van der Waals surface area contributed by atoms with Crippen molar-refractivity contribution in [1.29, 1.82) is 5.26 Å². The minimum Gasteiger partial charge on any atom is -0.466 e. The Kier molecular flexibility index (Phi) is 8.15. The number of alkyl halides is 3. The number of sulfonamides is 1. The van der Waals surface area contributed by atoms with Crippen LogP contribution in [0.3, 0.4) is 0 Å². The van der Waals surface area contributed by atoms with Gasteiger partial charge in [0, 0.05) is 16.9 Å². The van der Waals surface area contributed by atoms with E-state index in [1.807, 2.05) is 7.05 Å². The van der Waals surface area contributed by atoms with Crippen molar-refractivity contribution in [2.45, 2.75) is 25.7 Å². The Hall–Kier alpha value is -4.46. The van der Waals surface area contributed by atoms with Crippen molar-refractivity contribution in [2.75, 3.05) is 51.5 Å². The summed E-state index contributed by atoms with van der Waals surface area (Å²) >= 11 is 0. The van der Waals surface area contributed by atoms with E-state index in [4.69, 9.17) is 4.74 Å². The fourth-order valence-electron chi connectivity index (χ4n) is 5.99. The number of ether oxygens (including phenoxy) is 1. The number of nitrogens with one attached hydrogen (secondary N) is 1. The van der Waals surface area contributed by atoms with Gasteiger partial charge in [-0.3, -0.25) is 4.90 Å². The summed E-state index contributed by atoms with van der Waals surface area (Å²) in [6.07, 6.45) is -3.49. The molecule has 3 aromatic rings. The molecule has 238 valence electrons. The molecule has 1 N–H and O–H groups in total. The number of anilines is 2. The molecule has 0 unspecified atom stereocenters. The van der Waals surface area contributed by atoms with E-state index in [1.54, 1.807) is 18.2 Å². The van der Waals surface area contributed by atoms with Crippen LogP contribution in [0, 0.1) is 11.3 Å². The number of carbonyl (C=O) groups is 1. The first kappa shape index (κ1) is 31.9. The number of esters is 1. The fourth-order valence-corrected chi connectivity index (χ4v) is 6.81. The zero-order valence-electron chi connectivity index (χ0n) is 24.9. The molecular formula is C29H31F3N7O5S+. The fraction of sp³-hybridized carbons (Fsp3) is 0.379. The molecule has 1 aromatic heterocycles. The number of fused-ring (bicyclic) bond motifs is 1. The number of nitriles is 1. The van der Waals surface area contributed by atoms with Gasteiger partial charge in [0.1, 0.15) is 12.6 Å². The van der Waals surface area contributed by atoms with E-state index >= 15 is 0 Å². The topological polar surface area (TPSA) is 141 Å². The van der Waals surface area contributed by atoms with Gasteiger partial charge in [0.25, 0.3) is 0 Å². The summed E-state index contributed by atoms with van der Waals surface area (Å²) in [6.45, 7) is 3.36. The molecule has 5 rings (SSSR count). The number of methoxy groups -OCH3 is 1. The predicted octanol–water partition coefficient (Wildman–Crippen LogP) is 2.87. The van der Waals surface area contributed by atoms with Crippen LogP contribution in [0.1, 0.15) is 35.2 Å². The van der Waals surface area contributed by atoms with Crippen LogP contribution in [0.5, 0.6) is 0 Å². The van der Waals surface area contributed by atoms with E-state index in [0.717, 1.165) is 25.5 Å². The van der Waals surface area contributed by atoms with E-state index in [1.165, 1.54) is 32.8 Å². The number of likely N-dealkylation sites (N-methyl/N-ethyl adjacent to an activating group) is 1. The Balaban J connectivity index is 1.68. The van der Waals surface area contributed by atoms with Gasteiger partial charge < -0.3 is 9.22 Å². The van der Waals surface area contributed by atoms with E-state index in [9.17, 15) is 36.4 Å². The summed E-state index contributed by atoms with van der Waals surface area (Å²) in [5, 5.41) is 16.2. The van der Waals surface area contributed by atoms with Crippen LogP contribution in [0.4, 0.5) is 24.8 Å². The number of carbonyl (C=O) groups excluding carboxylic acids is 1. The molecule has 45 heavy (non-hydrogen) atoms. The molecule has 0 bridgehead atoms. The molecule has 2 aromatic carbocycles. The second-order valence-corrected chi connectivity index (χ2v) is 13.4. The third-order valence-electron chi connectivity index (χ3n) is 8.35. The van der Waals surface area contributed by atoms with Gasteiger partial charge in [0.05, 0.1) is 69.4 Å². The molecule has 2 aliphatic rings. The van der Waals surface area contributed by atoms with E-state index in [-0.39, 0.29) is 36.0 Å². The van der Waals surface area contributed by atoms with Crippen LogP contribution in [0.25, 0.3) is 0 Å². The normalized spacial score (nSPS) is 18.8. The molecule has 3 heterocycles. The van der Waals surface area contributed by atoms with Crippen molar-refractivity contribution >= 4 is 27.6 Å². The van der Waals surface area contributed by atoms with Crippen molar-refractivity contribution in [1.82, 2.24) is 19.1 Å². The summed E-state index contributed by atoms with van der Waals surface area (Å²) in [4.78, 5) is 28.1. The Labute approximate surface area is 257 Å². The first-order valence-electron chi connectivity index (χ1n) is 13.8. The third-order valence-corrected chi connectivity index (χ3v) is 9.65. The standard InChI is InChI=1S/C29H30F3N7O5S/c1-18-24(26(40)44-3)25(38-27(34-35-28(38)41)37(18)22-7-5-6-21(15-22)29(30,31)32)23-9-8-19(16-33)14-20(23)17-39(2)12-10-36(11-13-39)45(4,42)43/h5-9,14-15,25H,10-13,17H2,1-4H3/p+1/t25-/m1/s1. The monoisotopic (exact) mass is 646 g/mol. The first-order valence-corrected chi connectivity index (χ1v) is 15.7. The summed E-state index contributed by atoms with van der Waals surface area (Å²) in [5.41, 5.74) is -0.0284. The number of hydrogen-bond acceptors (Lipinski definition) is 8. The lowest BCUT2D eigenvalue weighted by Gasteiger charge is -2.42. The first-order chi connectivity index (χ1) is 21.1. The van der Waals surface area contributed by atoms with Crippen molar-refractivity contribution in [3.63, 3.8) is 0 Å². The molecule has 2 aliphatic heterocycles. The lowest BCUT2D eigenvalue weighted by molar-refractivity contribution is -0.925. The number of nitrogens with zero attached hydrogens (tertiary/aromatic N) is 6. The van der Waals surface area contributed by atoms with Crippen LogP contribution in [-0.4, -0.2) is 84.5 Å². The van der Waals surface area contributed by atoms with Gasteiger partial charge in [0.15, 0.2) is 0 Å². The smallest absolute Gasteiger partial charge is 0.416 e. The van der Waals surface area contributed by atoms with Crippen LogP contribution in [0.2, 0.25) is 0 Å². The quantitative estimate of drug-likeness (QED) is 0.319. The molecule has 16 heteroatoms. The number of hydrogen-bond donors (Lipinski definition) is 1. The minimum absolute atomic E-state index is 0.0126. The number of aromatic amines is 1. The number of H-pyrrole nitrogens is 1. The minimum atomic E-state index is -4.65. The summed E-state index contributed by atoms with van der Waals surface area (Å²) < 4.78 is 73.3. The number of allylic oxidation sites excluding steroid dienone is 1. The average Bonchev–Trinajstić information content (AvgIpc) is 3.36. The van der Waals surface area contributed by atoms with Gasteiger partial charge in [-0.15, -0.1) is 5.10 Å². The van der Waals surface area contributed by atoms with Gasteiger partial charge in [-0.1, -0.05) is 12.1 Å². The largest absolute Gasteiger partial charge is 0.466 e. The SMILES string of the molecule is COC(=O)C1=C(C)N(c2cccc(C(F)(F)F)c2)c2n[nH]c(=O)n2[C@@H]1c1ccc(C#N)cc1C[N+]1(C)CCN(S(C)(=O)=O)CC1. The molecular weight excluding hydrogens is 615 g/mol. The molecule has 1 saturated heterocycles. The molecule has 1 atom stereocenters. The van der Waals surface area contributed by atoms with Crippen LogP contribution < -0.4 is 10.6 Å². The van der Waals surface area contributed by atoms with Gasteiger partial charge in [0.2, 0.25) is 16.0 Å². The van der Waals surface area contributed by atoms with Gasteiger partial charge in [-0.25, -0.2) is 27.7 Å². The number of aromatic nitrogens is 3. The van der Waals surface area contributed by atoms with Gasteiger partial charge >= 0.3 is 17.8 Å². The highest BCUT2D eigenvalue weighted by Crippen LogP contribution is 2.44. The van der Waals surface area contributed by atoms with Crippen LogP contribution in [0.15, 0.2) is 58.5 Å². The lowest BCUT2D eigenvalue weighted by Crippen LogP contribution is -2.57. The average molecular weight is 647 g/mol. The van der Waals surface area contributed by atoms with Crippen molar-refractivity contribution in [3.05, 3.63) is 86.5 Å². The summed E-state index contributed by atoms with van der Waals surface area (Å²) in [7, 11) is -0.258. The van der Waals surface area contributed by atoms with Crippen LogP contribution >= 0.6 is 0 Å². The molecule has 0 radical (unpaired) electrons. The zero-order chi connectivity index (χ0) is 32.9. The predicted molar refractivity (Wildman–Crippen MR) is 156 cm³/mol. The highest BCUT2D eigenvalue weighted by atomic mass is 32.2. The molecule has 0 amide bonds. The molecule has 1 fully saturated rings. The number of piperazine rings is 1. The van der Waals surface area contributed by atoms with Gasteiger partial charge in [-0.2, -0.15) is 22.7 Å². The molecule has 0 aliphatic carbocycles. The maximum absolute atomic E-state index is 13.6. The van der Waals surface area contributed by atoms with Crippen LogP contribution in [-0.2, 0) is 32.3 Å². The number of halogens is 3. The maximum Gasteiger partial charge on any atom is 0.416 e. The van der Waals surface area contributed by atoms with E-state index < -0.39 is 39.5 Å². The number of quaternary nitrogens is 1. The van der Waals surface area contributed by atoms with Crippen molar-refractivity contribution in [2.24, 2.45) is 0 Å². The van der Waals surface area contributed by atoms with E-state index in [2.05, 4.69) is 16.3 Å². The zero-order valence-corrected chi connectivity index (χ0v) is 25.7. The highest BCUT2D eigenvalue weighted by Gasteiger charge is 2.42. The van der Waals surface area contributed by atoms with Crippen molar-refractivity contribution in [3.8, 4) is 6.07 Å². The Morgan fingerprint density at radius 3 is 2.49 bits per heavy atom. The number of rotatable bonds is 6. The van der Waals surface area contributed by atoms with Crippen molar-refractivity contribution < 1.29 is 35.6 Å². The lowest BCUT2D eigenvalue weighted by atomic mass is 9.89. The highest BCUT2D eigenvalue weighted by molar-refractivity contribution is 7.88. The molecule has 12 nitrogen and oxygen atoms in total. The second kappa shape index (κ2) is 11.5. The summed E-state index contributed by atoms with van der Waals surface area (Å²) in [5.74, 6) is -0.863. The Morgan fingerprint density at radius 2 is 1.89 bits per heavy atom. The molecule has 0 spiro atoms. The second-order valence-electron chi connectivity index (χ2n) is 11.4. The number of benzene rings is 2. The summed E-state index contributed by atoms with van der Waals surface area (Å²) in [6, 6.07) is 10.3. The molecule has 0 saturated carbocycles. The van der Waals surface area contributed by atoms with E-state index in [0.29, 0.717) is 40.8 Å². The Bertz CT molecular complexity index is 1900. The maximum atomic E-state index is 13.6. The van der Waals surface area contributed by atoms with Gasteiger partial charge in [-0.05, 0) is 42.8 Å².